The molecule has 1 saturated carbocycles. The second kappa shape index (κ2) is 5.94. The Balaban J connectivity index is 2.30. The molecule has 19 heavy (non-hydrogen) atoms. The number of hydrogen-bond acceptors (Lipinski definition) is 2. The van der Waals surface area contributed by atoms with Crippen LogP contribution in [0.25, 0.3) is 0 Å². The maximum absolute atomic E-state index is 12.9. The van der Waals surface area contributed by atoms with Gasteiger partial charge in [0.2, 0.25) is 0 Å². The van der Waals surface area contributed by atoms with E-state index in [-0.39, 0.29) is 16.7 Å². The standard InChI is InChI=1S/C15H22ClNOS/c1-15(2)10-6-9-13(14(15)17-3)19(18)12-8-5-4-7-11(12)16/h4-5,7-8,13-14,17H,6,9-10H2,1-3H3. The number of nitrogens with one attached hydrogen (secondary N) is 1. The first-order chi connectivity index (χ1) is 8.97. The largest absolute Gasteiger partial charge is 0.315 e. The molecule has 0 aromatic heterocycles. The summed E-state index contributed by atoms with van der Waals surface area (Å²) < 4.78 is 12.9. The first-order valence-electron chi connectivity index (χ1n) is 6.80. The average Bonchev–Trinajstić information content (AvgIpc) is 2.37. The highest BCUT2D eigenvalue weighted by Crippen LogP contribution is 2.39. The Labute approximate surface area is 123 Å². The summed E-state index contributed by atoms with van der Waals surface area (Å²) in [7, 11) is 0.914. The topological polar surface area (TPSA) is 29.1 Å². The Kier molecular flexibility index (Phi) is 4.70. The predicted octanol–water partition coefficient (Wildman–Crippen LogP) is 3.61. The molecule has 1 fully saturated rings. The first kappa shape index (κ1) is 15.0. The van der Waals surface area contributed by atoms with Crippen LogP contribution >= 0.6 is 11.6 Å². The number of hydrogen-bond donors (Lipinski definition) is 1. The normalized spacial score (nSPS) is 28.0. The van der Waals surface area contributed by atoms with E-state index in [0.717, 1.165) is 17.7 Å². The predicted molar refractivity (Wildman–Crippen MR) is 82.1 cm³/mol. The Morgan fingerprint density at radius 2 is 2.05 bits per heavy atom. The smallest absolute Gasteiger partial charge is 0.0592 e. The third kappa shape index (κ3) is 3.04. The van der Waals surface area contributed by atoms with Gasteiger partial charge in [-0.05, 0) is 37.4 Å². The van der Waals surface area contributed by atoms with E-state index in [1.807, 2.05) is 31.3 Å². The van der Waals surface area contributed by atoms with Gasteiger partial charge < -0.3 is 5.32 Å². The van der Waals surface area contributed by atoms with Gasteiger partial charge in [-0.2, -0.15) is 0 Å². The van der Waals surface area contributed by atoms with Gasteiger partial charge in [0.25, 0.3) is 0 Å². The van der Waals surface area contributed by atoms with E-state index < -0.39 is 10.8 Å². The van der Waals surface area contributed by atoms with Crippen LogP contribution in [0, 0.1) is 5.41 Å². The molecule has 4 heteroatoms. The van der Waals surface area contributed by atoms with Crippen molar-refractivity contribution < 1.29 is 4.21 Å². The van der Waals surface area contributed by atoms with Gasteiger partial charge in [-0.3, -0.25) is 4.21 Å². The molecule has 2 nitrogen and oxygen atoms in total. The van der Waals surface area contributed by atoms with E-state index in [2.05, 4.69) is 19.2 Å². The summed E-state index contributed by atoms with van der Waals surface area (Å²) in [5, 5.41) is 4.12. The zero-order valence-electron chi connectivity index (χ0n) is 11.8. The van der Waals surface area contributed by atoms with Crippen LogP contribution in [0.3, 0.4) is 0 Å². The monoisotopic (exact) mass is 299 g/mol. The summed E-state index contributed by atoms with van der Waals surface area (Å²) in [4.78, 5) is 0.770. The lowest BCUT2D eigenvalue weighted by Crippen LogP contribution is -2.52. The van der Waals surface area contributed by atoms with Gasteiger partial charge in [-0.15, -0.1) is 0 Å². The van der Waals surface area contributed by atoms with Gasteiger partial charge in [-0.1, -0.05) is 44.0 Å². The molecule has 0 heterocycles. The van der Waals surface area contributed by atoms with Crippen LogP contribution < -0.4 is 5.32 Å². The van der Waals surface area contributed by atoms with Gasteiger partial charge in [-0.25, -0.2) is 0 Å². The average molecular weight is 300 g/mol. The summed E-state index contributed by atoms with van der Waals surface area (Å²) in [6.07, 6.45) is 3.30. The first-order valence-corrected chi connectivity index (χ1v) is 8.39. The SMILES string of the molecule is CNC1C(S(=O)c2ccccc2Cl)CCCC1(C)C. The van der Waals surface area contributed by atoms with Gasteiger partial charge in [0.05, 0.1) is 26.0 Å². The molecule has 1 aliphatic carbocycles. The lowest BCUT2D eigenvalue weighted by Gasteiger charge is -2.43. The fourth-order valence-electron chi connectivity index (χ4n) is 3.16. The Bertz CT molecular complexity index is 475. The van der Waals surface area contributed by atoms with Gasteiger partial charge in [0.1, 0.15) is 0 Å². The number of halogens is 1. The molecule has 1 aliphatic rings. The fraction of sp³-hybridized carbons (Fsp3) is 0.600. The van der Waals surface area contributed by atoms with E-state index in [9.17, 15) is 4.21 Å². The minimum Gasteiger partial charge on any atom is -0.315 e. The summed E-state index contributed by atoms with van der Waals surface area (Å²) >= 11 is 6.19. The third-order valence-corrected chi connectivity index (χ3v) is 6.45. The maximum Gasteiger partial charge on any atom is 0.0592 e. The minimum atomic E-state index is -1.05. The Morgan fingerprint density at radius 3 is 2.68 bits per heavy atom. The highest BCUT2D eigenvalue weighted by Gasteiger charge is 2.41. The summed E-state index contributed by atoms with van der Waals surface area (Å²) in [5.41, 5.74) is 0.175. The molecule has 1 aromatic rings. The van der Waals surface area contributed by atoms with Crippen molar-refractivity contribution in [3.63, 3.8) is 0 Å². The fourth-order valence-corrected chi connectivity index (χ4v) is 5.46. The van der Waals surface area contributed by atoms with Crippen LogP contribution in [0.5, 0.6) is 0 Å². The molecule has 3 unspecified atom stereocenters. The van der Waals surface area contributed by atoms with Crippen molar-refractivity contribution in [2.24, 2.45) is 5.41 Å². The summed E-state index contributed by atoms with van der Waals surface area (Å²) in [6, 6.07) is 7.74. The maximum atomic E-state index is 12.9. The lowest BCUT2D eigenvalue weighted by molar-refractivity contribution is 0.180. The van der Waals surface area contributed by atoms with Crippen LogP contribution in [0.4, 0.5) is 0 Å². The molecule has 0 saturated heterocycles. The van der Waals surface area contributed by atoms with Crippen LogP contribution in [0.15, 0.2) is 29.2 Å². The minimum absolute atomic E-state index is 0.133. The van der Waals surface area contributed by atoms with Crippen molar-refractivity contribution in [1.82, 2.24) is 5.32 Å². The molecular weight excluding hydrogens is 278 g/mol. The number of benzene rings is 1. The molecule has 0 amide bonds. The third-order valence-electron chi connectivity index (χ3n) is 4.16. The second-order valence-electron chi connectivity index (χ2n) is 5.91. The van der Waals surface area contributed by atoms with Crippen LogP contribution in [-0.4, -0.2) is 22.5 Å². The van der Waals surface area contributed by atoms with Crippen molar-refractivity contribution >= 4 is 22.4 Å². The quantitative estimate of drug-likeness (QED) is 0.924. The molecule has 3 atom stereocenters. The molecule has 2 rings (SSSR count). The molecule has 106 valence electrons. The molecule has 0 radical (unpaired) electrons. The molecule has 0 bridgehead atoms. The summed E-state index contributed by atoms with van der Waals surface area (Å²) in [6.45, 7) is 4.51. The highest BCUT2D eigenvalue weighted by molar-refractivity contribution is 7.85. The van der Waals surface area contributed by atoms with Crippen molar-refractivity contribution in [3.8, 4) is 0 Å². The van der Waals surface area contributed by atoms with Crippen LogP contribution in [-0.2, 0) is 10.8 Å². The zero-order chi connectivity index (χ0) is 14.0. The van der Waals surface area contributed by atoms with Crippen molar-refractivity contribution in [3.05, 3.63) is 29.3 Å². The van der Waals surface area contributed by atoms with Crippen molar-refractivity contribution in [2.75, 3.05) is 7.05 Å². The lowest BCUT2D eigenvalue weighted by atomic mass is 9.73. The van der Waals surface area contributed by atoms with E-state index in [0.29, 0.717) is 5.02 Å². The molecular formula is C15H22ClNOS. The zero-order valence-corrected chi connectivity index (χ0v) is 13.4. The molecule has 0 aliphatic heterocycles. The van der Waals surface area contributed by atoms with E-state index >= 15 is 0 Å². The Hall–Kier alpha value is -0.380. The van der Waals surface area contributed by atoms with Crippen LogP contribution in [0.2, 0.25) is 5.02 Å². The van der Waals surface area contributed by atoms with Gasteiger partial charge in [0, 0.05) is 6.04 Å². The number of rotatable bonds is 3. The molecule has 1 aromatic carbocycles. The molecule has 0 spiro atoms. The van der Waals surface area contributed by atoms with Crippen LogP contribution in [0.1, 0.15) is 33.1 Å². The van der Waals surface area contributed by atoms with Gasteiger partial charge >= 0.3 is 0 Å². The molecule has 1 N–H and O–H groups in total. The van der Waals surface area contributed by atoms with E-state index in [1.165, 1.54) is 6.42 Å². The van der Waals surface area contributed by atoms with Gasteiger partial charge in [0.15, 0.2) is 0 Å². The Morgan fingerprint density at radius 1 is 1.37 bits per heavy atom. The highest BCUT2D eigenvalue weighted by atomic mass is 35.5. The summed E-state index contributed by atoms with van der Waals surface area (Å²) in [5.74, 6) is 0. The van der Waals surface area contributed by atoms with E-state index in [4.69, 9.17) is 11.6 Å². The van der Waals surface area contributed by atoms with Crippen molar-refractivity contribution in [2.45, 2.75) is 49.3 Å². The van der Waals surface area contributed by atoms with E-state index in [1.54, 1.807) is 0 Å². The van der Waals surface area contributed by atoms with Crippen molar-refractivity contribution in [1.29, 1.82) is 0 Å². The second-order valence-corrected chi connectivity index (χ2v) is 7.96.